The average Bonchev–Trinajstić information content (AvgIpc) is 2.86. The van der Waals surface area contributed by atoms with Crippen LogP contribution in [0.4, 0.5) is 5.69 Å². The summed E-state index contributed by atoms with van der Waals surface area (Å²) in [6.07, 6.45) is 4.72. The van der Waals surface area contributed by atoms with E-state index in [0.717, 1.165) is 17.7 Å². The standard InChI is InChI=1S/C17H18N2O3/c1-12-8-13-9-16(21-2)14(10-15(13)22-12)18-17(20)11-19-6-4-3-5-7-19/h3-7,9-10,12H,8,11H2,1-2H3/p+1/t12-/m0/s1. The van der Waals surface area contributed by atoms with Crippen molar-refractivity contribution in [2.45, 2.75) is 26.0 Å². The van der Waals surface area contributed by atoms with E-state index in [1.54, 1.807) is 7.11 Å². The van der Waals surface area contributed by atoms with E-state index < -0.39 is 0 Å². The lowest BCUT2D eigenvalue weighted by atomic mass is 10.1. The lowest BCUT2D eigenvalue weighted by Gasteiger charge is -2.11. The maximum absolute atomic E-state index is 12.2. The van der Waals surface area contributed by atoms with Crippen molar-refractivity contribution in [2.75, 3.05) is 12.4 Å². The van der Waals surface area contributed by atoms with Gasteiger partial charge in [0.1, 0.15) is 17.6 Å². The fraction of sp³-hybridized carbons (Fsp3) is 0.294. The van der Waals surface area contributed by atoms with Crippen molar-refractivity contribution in [1.82, 2.24) is 0 Å². The maximum Gasteiger partial charge on any atom is 0.290 e. The molecule has 2 heterocycles. The Hall–Kier alpha value is -2.56. The van der Waals surface area contributed by atoms with Gasteiger partial charge in [-0.2, -0.15) is 4.57 Å². The fourth-order valence-electron chi connectivity index (χ4n) is 2.60. The summed E-state index contributed by atoms with van der Waals surface area (Å²) >= 11 is 0. The molecule has 0 fully saturated rings. The SMILES string of the molecule is COc1cc2c(cc1NC(=O)C[n+]1ccccc1)O[C@@H](C)C2. The Morgan fingerprint density at radius 2 is 2.14 bits per heavy atom. The van der Waals surface area contributed by atoms with Crippen molar-refractivity contribution in [2.24, 2.45) is 0 Å². The average molecular weight is 299 g/mol. The molecule has 1 amide bonds. The first-order valence-electron chi connectivity index (χ1n) is 7.27. The van der Waals surface area contributed by atoms with Crippen LogP contribution in [0.25, 0.3) is 0 Å². The molecule has 0 saturated carbocycles. The van der Waals surface area contributed by atoms with Gasteiger partial charge in [0.15, 0.2) is 12.4 Å². The van der Waals surface area contributed by atoms with E-state index >= 15 is 0 Å². The van der Waals surface area contributed by atoms with Crippen molar-refractivity contribution in [3.63, 3.8) is 0 Å². The first-order chi connectivity index (χ1) is 10.7. The molecule has 2 aromatic rings. The van der Waals surface area contributed by atoms with Gasteiger partial charge in [-0.3, -0.25) is 4.79 Å². The monoisotopic (exact) mass is 299 g/mol. The summed E-state index contributed by atoms with van der Waals surface area (Å²) in [5, 5.41) is 2.89. The minimum absolute atomic E-state index is 0.111. The molecular formula is C17H19N2O3+. The first kappa shape index (κ1) is 14.4. The highest BCUT2D eigenvalue weighted by Crippen LogP contribution is 2.37. The largest absolute Gasteiger partial charge is 0.495 e. The van der Waals surface area contributed by atoms with Gasteiger partial charge in [0, 0.05) is 30.2 Å². The molecule has 0 aliphatic carbocycles. The van der Waals surface area contributed by atoms with Crippen LogP contribution in [0.1, 0.15) is 12.5 Å². The highest BCUT2D eigenvalue weighted by Gasteiger charge is 2.22. The first-order valence-corrected chi connectivity index (χ1v) is 7.27. The Bertz CT molecular complexity index is 686. The number of fused-ring (bicyclic) bond motifs is 1. The number of carbonyl (C=O) groups excluding carboxylic acids is 1. The molecule has 0 radical (unpaired) electrons. The number of ether oxygens (including phenoxy) is 2. The summed E-state index contributed by atoms with van der Waals surface area (Å²) in [5.41, 5.74) is 1.75. The van der Waals surface area contributed by atoms with E-state index in [2.05, 4.69) is 5.32 Å². The number of hydrogen-bond donors (Lipinski definition) is 1. The number of nitrogens with zero attached hydrogens (tertiary/aromatic N) is 1. The molecule has 0 unspecified atom stereocenters. The van der Waals surface area contributed by atoms with Crippen molar-refractivity contribution in [3.05, 3.63) is 48.3 Å². The summed E-state index contributed by atoms with van der Waals surface area (Å²) in [5.74, 6) is 1.36. The summed E-state index contributed by atoms with van der Waals surface area (Å²) in [6, 6.07) is 9.46. The molecule has 22 heavy (non-hydrogen) atoms. The smallest absolute Gasteiger partial charge is 0.290 e. The number of aromatic nitrogens is 1. The third-order valence-electron chi connectivity index (χ3n) is 3.60. The number of nitrogens with one attached hydrogen (secondary N) is 1. The normalized spacial score (nSPS) is 15.8. The van der Waals surface area contributed by atoms with Crippen LogP contribution in [0.2, 0.25) is 0 Å². The molecule has 1 aliphatic rings. The molecular weight excluding hydrogens is 280 g/mol. The number of carbonyl (C=O) groups is 1. The van der Waals surface area contributed by atoms with Gasteiger partial charge in [-0.25, -0.2) is 0 Å². The molecule has 1 aromatic heterocycles. The molecule has 5 nitrogen and oxygen atoms in total. The fourth-order valence-corrected chi connectivity index (χ4v) is 2.60. The van der Waals surface area contributed by atoms with Crippen LogP contribution in [0.15, 0.2) is 42.7 Å². The van der Waals surface area contributed by atoms with Gasteiger partial charge >= 0.3 is 0 Å². The second kappa shape index (κ2) is 6.05. The third-order valence-corrected chi connectivity index (χ3v) is 3.60. The number of rotatable bonds is 4. The van der Waals surface area contributed by atoms with Crippen LogP contribution in [-0.4, -0.2) is 19.1 Å². The molecule has 1 N–H and O–H groups in total. The van der Waals surface area contributed by atoms with Crippen molar-refractivity contribution in [3.8, 4) is 11.5 Å². The topological polar surface area (TPSA) is 51.4 Å². The van der Waals surface area contributed by atoms with E-state index in [4.69, 9.17) is 9.47 Å². The summed E-state index contributed by atoms with van der Waals surface area (Å²) in [4.78, 5) is 12.2. The number of methoxy groups -OCH3 is 1. The van der Waals surface area contributed by atoms with Crippen LogP contribution < -0.4 is 19.4 Å². The Balaban J connectivity index is 1.77. The van der Waals surface area contributed by atoms with Crippen LogP contribution in [0.3, 0.4) is 0 Å². The van der Waals surface area contributed by atoms with E-state index in [0.29, 0.717) is 11.4 Å². The van der Waals surface area contributed by atoms with Gasteiger partial charge < -0.3 is 14.8 Å². The molecule has 0 saturated heterocycles. The maximum atomic E-state index is 12.2. The Morgan fingerprint density at radius 1 is 1.36 bits per heavy atom. The van der Waals surface area contributed by atoms with Gasteiger partial charge in [0.05, 0.1) is 12.8 Å². The minimum Gasteiger partial charge on any atom is -0.495 e. The van der Waals surface area contributed by atoms with Gasteiger partial charge in [-0.05, 0) is 13.0 Å². The summed E-state index contributed by atoms with van der Waals surface area (Å²) in [6.45, 7) is 2.27. The zero-order chi connectivity index (χ0) is 15.5. The van der Waals surface area contributed by atoms with Gasteiger partial charge in [0.2, 0.25) is 6.54 Å². The van der Waals surface area contributed by atoms with Crippen molar-refractivity contribution < 1.29 is 18.8 Å². The van der Waals surface area contributed by atoms with Crippen LogP contribution in [0, 0.1) is 0 Å². The zero-order valence-electron chi connectivity index (χ0n) is 12.7. The zero-order valence-corrected chi connectivity index (χ0v) is 12.7. The van der Waals surface area contributed by atoms with Crippen LogP contribution in [0.5, 0.6) is 11.5 Å². The van der Waals surface area contributed by atoms with Crippen LogP contribution in [-0.2, 0) is 17.8 Å². The number of amides is 1. The summed E-state index contributed by atoms with van der Waals surface area (Å²) < 4.78 is 12.9. The second-order valence-corrected chi connectivity index (χ2v) is 5.39. The number of pyridine rings is 1. The second-order valence-electron chi connectivity index (χ2n) is 5.39. The number of benzene rings is 1. The van der Waals surface area contributed by atoms with Crippen LogP contribution >= 0.6 is 0 Å². The van der Waals surface area contributed by atoms with Gasteiger partial charge in [-0.1, -0.05) is 6.07 Å². The van der Waals surface area contributed by atoms with E-state index in [9.17, 15) is 4.79 Å². The Labute approximate surface area is 129 Å². The van der Waals surface area contributed by atoms with Gasteiger partial charge in [0.25, 0.3) is 5.91 Å². The molecule has 3 rings (SSSR count). The molecule has 1 aromatic carbocycles. The quantitative estimate of drug-likeness (QED) is 0.878. The molecule has 0 bridgehead atoms. The molecule has 0 spiro atoms. The van der Waals surface area contributed by atoms with E-state index in [-0.39, 0.29) is 18.6 Å². The van der Waals surface area contributed by atoms with Crippen molar-refractivity contribution in [1.29, 1.82) is 0 Å². The summed E-state index contributed by atoms with van der Waals surface area (Å²) in [7, 11) is 1.60. The lowest BCUT2D eigenvalue weighted by Crippen LogP contribution is -2.39. The lowest BCUT2D eigenvalue weighted by molar-refractivity contribution is -0.684. The predicted molar refractivity (Wildman–Crippen MR) is 82.1 cm³/mol. The molecule has 114 valence electrons. The number of hydrogen-bond acceptors (Lipinski definition) is 3. The third kappa shape index (κ3) is 3.03. The molecule has 5 heteroatoms. The van der Waals surface area contributed by atoms with Gasteiger partial charge in [-0.15, -0.1) is 0 Å². The van der Waals surface area contributed by atoms with E-state index in [1.165, 1.54) is 0 Å². The molecule has 1 aliphatic heterocycles. The Kier molecular flexibility index (Phi) is 3.96. The highest BCUT2D eigenvalue weighted by molar-refractivity contribution is 5.91. The van der Waals surface area contributed by atoms with E-state index in [1.807, 2.05) is 54.2 Å². The molecule has 1 atom stereocenters. The van der Waals surface area contributed by atoms with Crippen molar-refractivity contribution >= 4 is 11.6 Å². The minimum atomic E-state index is -0.111. The highest BCUT2D eigenvalue weighted by atomic mass is 16.5. The predicted octanol–water partition coefficient (Wildman–Crippen LogP) is 1.94. The number of anilines is 1. The Morgan fingerprint density at radius 3 is 2.86 bits per heavy atom.